The third-order valence-electron chi connectivity index (χ3n) is 3.92. The maximum Gasteiger partial charge on any atom is 0.225 e. The summed E-state index contributed by atoms with van der Waals surface area (Å²) in [5, 5.41) is 8.71. The van der Waals surface area contributed by atoms with E-state index in [0.29, 0.717) is 24.8 Å². The summed E-state index contributed by atoms with van der Waals surface area (Å²) in [6.07, 6.45) is 4.49. The molecule has 0 aromatic heterocycles. The summed E-state index contributed by atoms with van der Waals surface area (Å²) in [6.45, 7) is 6.29. The quantitative estimate of drug-likeness (QED) is 0.800. The predicted octanol–water partition coefficient (Wildman–Crippen LogP) is 2.15. The molecule has 0 saturated heterocycles. The summed E-state index contributed by atoms with van der Waals surface area (Å²) in [5.41, 5.74) is 5.68. The molecule has 0 aromatic rings. The van der Waals surface area contributed by atoms with Gasteiger partial charge in [0, 0.05) is 19.0 Å². The number of nitrogens with zero attached hydrogens (tertiary/aromatic N) is 2. The molecule has 1 fully saturated rings. The smallest absolute Gasteiger partial charge is 0.225 e. The Morgan fingerprint density at radius 1 is 1.37 bits per heavy atom. The van der Waals surface area contributed by atoms with Gasteiger partial charge in [0.15, 0.2) is 0 Å². The van der Waals surface area contributed by atoms with Crippen molar-refractivity contribution in [2.24, 2.45) is 23.5 Å². The van der Waals surface area contributed by atoms with Crippen LogP contribution in [0.5, 0.6) is 0 Å². The lowest BCUT2D eigenvalue weighted by atomic mass is 9.81. The molecule has 4 heteroatoms. The van der Waals surface area contributed by atoms with Crippen LogP contribution in [0.2, 0.25) is 0 Å². The zero-order valence-corrected chi connectivity index (χ0v) is 12.3. The highest BCUT2D eigenvalue weighted by Gasteiger charge is 2.29. The van der Waals surface area contributed by atoms with Gasteiger partial charge in [0.1, 0.15) is 0 Å². The topological polar surface area (TPSA) is 70.1 Å². The van der Waals surface area contributed by atoms with Crippen molar-refractivity contribution in [3.8, 4) is 6.07 Å². The van der Waals surface area contributed by atoms with E-state index in [1.807, 2.05) is 4.90 Å². The highest BCUT2D eigenvalue weighted by atomic mass is 16.2. The Balaban J connectivity index is 2.53. The number of hydrogen-bond donors (Lipinski definition) is 1. The SMILES string of the molecule is CC(C)CN(CCC#N)C(=O)C1CCC(CN)CC1. The minimum atomic E-state index is 0.153. The Kier molecular flexibility index (Phi) is 6.86. The molecule has 19 heavy (non-hydrogen) atoms. The van der Waals surface area contributed by atoms with Crippen molar-refractivity contribution in [3.05, 3.63) is 0 Å². The number of hydrogen-bond acceptors (Lipinski definition) is 3. The van der Waals surface area contributed by atoms with Crippen molar-refractivity contribution < 1.29 is 4.79 Å². The average Bonchev–Trinajstić information content (AvgIpc) is 2.42. The van der Waals surface area contributed by atoms with Gasteiger partial charge in [-0.05, 0) is 44.1 Å². The standard InChI is InChI=1S/C15H27N3O/c1-12(2)11-18(9-3-8-16)15(19)14-6-4-13(10-17)5-7-14/h12-14H,3-7,9-11,17H2,1-2H3. The van der Waals surface area contributed by atoms with Gasteiger partial charge in [-0.2, -0.15) is 5.26 Å². The first-order valence-corrected chi connectivity index (χ1v) is 7.44. The maximum absolute atomic E-state index is 12.5. The molecule has 0 bridgehead atoms. The van der Waals surface area contributed by atoms with Crippen LogP contribution in [0.3, 0.4) is 0 Å². The highest BCUT2D eigenvalue weighted by molar-refractivity contribution is 5.79. The van der Waals surface area contributed by atoms with Crippen LogP contribution in [-0.2, 0) is 4.79 Å². The summed E-state index contributed by atoms with van der Waals surface area (Å²) in [5.74, 6) is 1.45. The molecule has 108 valence electrons. The first-order valence-electron chi connectivity index (χ1n) is 7.44. The van der Waals surface area contributed by atoms with E-state index in [1.165, 1.54) is 0 Å². The van der Waals surface area contributed by atoms with Crippen LogP contribution in [0.4, 0.5) is 0 Å². The lowest BCUT2D eigenvalue weighted by Gasteiger charge is -2.32. The summed E-state index contributed by atoms with van der Waals surface area (Å²) < 4.78 is 0. The normalized spacial score (nSPS) is 23.1. The van der Waals surface area contributed by atoms with Gasteiger partial charge >= 0.3 is 0 Å². The van der Waals surface area contributed by atoms with Crippen molar-refractivity contribution >= 4 is 5.91 Å². The van der Waals surface area contributed by atoms with E-state index in [2.05, 4.69) is 19.9 Å². The first-order chi connectivity index (χ1) is 9.08. The molecule has 0 radical (unpaired) electrons. The number of nitriles is 1. The zero-order chi connectivity index (χ0) is 14.3. The fraction of sp³-hybridized carbons (Fsp3) is 0.867. The van der Waals surface area contributed by atoms with Crippen LogP contribution in [0, 0.1) is 29.1 Å². The van der Waals surface area contributed by atoms with Crippen LogP contribution < -0.4 is 5.73 Å². The van der Waals surface area contributed by atoms with E-state index < -0.39 is 0 Å². The van der Waals surface area contributed by atoms with E-state index >= 15 is 0 Å². The van der Waals surface area contributed by atoms with Crippen LogP contribution in [0.25, 0.3) is 0 Å². The van der Waals surface area contributed by atoms with Crippen molar-refractivity contribution in [2.45, 2.75) is 46.0 Å². The summed E-state index contributed by atoms with van der Waals surface area (Å²) in [6, 6.07) is 2.13. The first kappa shape index (κ1) is 16.0. The highest BCUT2D eigenvalue weighted by Crippen LogP contribution is 2.29. The molecular weight excluding hydrogens is 238 g/mol. The number of carbonyl (C=O) groups excluding carboxylic acids is 1. The molecule has 0 unspecified atom stereocenters. The Hall–Kier alpha value is -1.08. The third-order valence-corrected chi connectivity index (χ3v) is 3.92. The van der Waals surface area contributed by atoms with Crippen LogP contribution in [0.15, 0.2) is 0 Å². The van der Waals surface area contributed by atoms with Crippen molar-refractivity contribution in [3.63, 3.8) is 0 Å². The molecule has 0 aromatic carbocycles. The number of rotatable bonds is 6. The zero-order valence-electron chi connectivity index (χ0n) is 12.3. The Bertz CT molecular complexity index is 314. The molecule has 1 aliphatic carbocycles. The molecule has 0 heterocycles. The van der Waals surface area contributed by atoms with Crippen molar-refractivity contribution in [1.29, 1.82) is 5.26 Å². The van der Waals surface area contributed by atoms with Crippen molar-refractivity contribution in [2.75, 3.05) is 19.6 Å². The number of amides is 1. The second-order valence-electron chi connectivity index (χ2n) is 6.04. The van der Waals surface area contributed by atoms with Gasteiger partial charge in [-0.15, -0.1) is 0 Å². The van der Waals surface area contributed by atoms with Crippen LogP contribution in [-0.4, -0.2) is 30.4 Å². The van der Waals surface area contributed by atoms with E-state index in [9.17, 15) is 4.79 Å². The molecule has 1 rings (SSSR count). The minimum Gasteiger partial charge on any atom is -0.341 e. The van der Waals surface area contributed by atoms with Gasteiger partial charge in [-0.1, -0.05) is 13.8 Å². The fourth-order valence-corrected chi connectivity index (χ4v) is 2.82. The monoisotopic (exact) mass is 265 g/mol. The molecule has 1 saturated carbocycles. The van der Waals surface area contributed by atoms with Gasteiger partial charge < -0.3 is 10.6 Å². The molecule has 0 aliphatic heterocycles. The van der Waals surface area contributed by atoms with Gasteiger partial charge in [0.05, 0.1) is 12.5 Å². The number of carbonyl (C=O) groups is 1. The average molecular weight is 265 g/mol. The van der Waals surface area contributed by atoms with Crippen LogP contribution >= 0.6 is 0 Å². The molecule has 0 atom stereocenters. The third kappa shape index (κ3) is 5.20. The van der Waals surface area contributed by atoms with Gasteiger partial charge in [-0.3, -0.25) is 4.79 Å². The van der Waals surface area contributed by atoms with Crippen molar-refractivity contribution in [1.82, 2.24) is 4.90 Å². The lowest BCUT2D eigenvalue weighted by Crippen LogP contribution is -2.40. The second-order valence-corrected chi connectivity index (χ2v) is 6.04. The molecule has 1 amide bonds. The summed E-state index contributed by atoms with van der Waals surface area (Å²) in [4.78, 5) is 14.4. The van der Waals surface area contributed by atoms with Gasteiger partial charge in [-0.25, -0.2) is 0 Å². The summed E-state index contributed by atoms with van der Waals surface area (Å²) >= 11 is 0. The van der Waals surface area contributed by atoms with E-state index in [0.717, 1.165) is 38.8 Å². The van der Waals surface area contributed by atoms with E-state index in [-0.39, 0.29) is 11.8 Å². The Morgan fingerprint density at radius 2 is 2.00 bits per heavy atom. The molecule has 2 N–H and O–H groups in total. The Morgan fingerprint density at radius 3 is 2.47 bits per heavy atom. The second kappa shape index (κ2) is 8.16. The predicted molar refractivity (Wildman–Crippen MR) is 76.2 cm³/mol. The fourth-order valence-electron chi connectivity index (χ4n) is 2.82. The molecule has 1 aliphatic rings. The Labute approximate surface area is 116 Å². The number of nitrogens with two attached hydrogens (primary N) is 1. The molecule has 0 spiro atoms. The molecule has 4 nitrogen and oxygen atoms in total. The van der Waals surface area contributed by atoms with Gasteiger partial charge in [0.25, 0.3) is 0 Å². The summed E-state index contributed by atoms with van der Waals surface area (Å²) in [7, 11) is 0. The van der Waals surface area contributed by atoms with Gasteiger partial charge in [0.2, 0.25) is 5.91 Å². The lowest BCUT2D eigenvalue weighted by molar-refractivity contribution is -0.137. The largest absolute Gasteiger partial charge is 0.341 e. The van der Waals surface area contributed by atoms with E-state index in [4.69, 9.17) is 11.0 Å². The van der Waals surface area contributed by atoms with E-state index in [1.54, 1.807) is 0 Å². The molecular formula is C15H27N3O. The van der Waals surface area contributed by atoms with Crippen LogP contribution in [0.1, 0.15) is 46.0 Å². The maximum atomic E-state index is 12.5. The minimum absolute atomic E-state index is 0.153.